The van der Waals surface area contributed by atoms with Crippen LogP contribution in [0.5, 0.6) is 5.75 Å². The van der Waals surface area contributed by atoms with E-state index in [-0.39, 0.29) is 5.91 Å². The molecule has 0 heterocycles. The van der Waals surface area contributed by atoms with Crippen molar-refractivity contribution in [1.82, 2.24) is 5.32 Å². The Labute approximate surface area is 124 Å². The van der Waals surface area contributed by atoms with Gasteiger partial charge in [-0.15, -0.1) is 23.2 Å². The Balaban J connectivity index is 2.63. The van der Waals surface area contributed by atoms with Gasteiger partial charge in [-0.1, -0.05) is 19.1 Å². The van der Waals surface area contributed by atoms with Gasteiger partial charge in [0.05, 0.1) is 19.1 Å². The number of amides is 1. The maximum atomic E-state index is 12.0. The van der Waals surface area contributed by atoms with E-state index in [0.29, 0.717) is 24.6 Å². The summed E-state index contributed by atoms with van der Waals surface area (Å²) in [5.41, 5.74) is 0.402. The van der Waals surface area contributed by atoms with Crippen molar-refractivity contribution in [3.8, 4) is 5.75 Å². The van der Waals surface area contributed by atoms with E-state index in [1.807, 2.05) is 31.2 Å². The minimum atomic E-state index is -0.521. The average molecular weight is 304 g/mol. The molecule has 3 nitrogen and oxygen atoms in total. The van der Waals surface area contributed by atoms with Gasteiger partial charge >= 0.3 is 0 Å². The molecule has 0 aliphatic heterocycles. The Hall–Kier alpha value is -0.930. The average Bonchev–Trinajstić information content (AvgIpc) is 2.46. The van der Waals surface area contributed by atoms with E-state index in [1.54, 1.807) is 7.11 Å². The Morgan fingerprint density at radius 3 is 2.26 bits per heavy atom. The lowest BCUT2D eigenvalue weighted by molar-refractivity contribution is -0.122. The van der Waals surface area contributed by atoms with Gasteiger partial charge in [0.15, 0.2) is 0 Å². The van der Waals surface area contributed by atoms with Crippen LogP contribution in [-0.4, -0.2) is 30.3 Å². The Bertz CT molecular complexity index is 394. The molecule has 1 rings (SSSR count). The lowest BCUT2D eigenvalue weighted by Crippen LogP contribution is -2.51. The van der Waals surface area contributed by atoms with Crippen molar-refractivity contribution >= 4 is 29.1 Å². The number of nitrogens with one attached hydrogen (secondary N) is 1. The summed E-state index contributed by atoms with van der Waals surface area (Å²) in [6, 6.07) is 7.40. The molecular formula is C14H19Cl2NO2. The van der Waals surface area contributed by atoms with Crippen molar-refractivity contribution in [3.63, 3.8) is 0 Å². The summed E-state index contributed by atoms with van der Waals surface area (Å²) in [7, 11) is 1.61. The van der Waals surface area contributed by atoms with E-state index >= 15 is 0 Å². The second-order valence-corrected chi connectivity index (χ2v) is 5.01. The standard InChI is InChI=1S/C14H19Cl2NO2/c1-3-14(9-15,10-16)17-13(18)8-11-4-6-12(19-2)7-5-11/h4-7H,3,8-10H2,1-2H3,(H,17,18). The molecule has 0 aromatic heterocycles. The highest BCUT2D eigenvalue weighted by Gasteiger charge is 2.27. The van der Waals surface area contributed by atoms with Crippen LogP contribution in [0.25, 0.3) is 0 Å². The molecule has 106 valence electrons. The molecule has 0 fully saturated rings. The summed E-state index contributed by atoms with van der Waals surface area (Å²) in [5, 5.41) is 2.92. The molecule has 0 aliphatic rings. The van der Waals surface area contributed by atoms with Gasteiger partial charge < -0.3 is 10.1 Å². The molecular weight excluding hydrogens is 285 g/mol. The molecule has 1 N–H and O–H groups in total. The first kappa shape index (κ1) is 16.1. The number of halogens is 2. The molecule has 0 aliphatic carbocycles. The van der Waals surface area contributed by atoms with Gasteiger partial charge in [-0.2, -0.15) is 0 Å². The topological polar surface area (TPSA) is 38.3 Å². The summed E-state index contributed by atoms with van der Waals surface area (Å²) in [5.74, 6) is 1.31. The molecule has 0 radical (unpaired) electrons. The van der Waals surface area contributed by atoms with E-state index in [1.165, 1.54) is 0 Å². The SMILES string of the molecule is CCC(CCl)(CCl)NC(=O)Cc1ccc(OC)cc1. The number of carbonyl (C=O) groups is 1. The number of carbonyl (C=O) groups excluding carboxylic acids is 1. The first-order chi connectivity index (χ1) is 9.09. The minimum Gasteiger partial charge on any atom is -0.497 e. The number of benzene rings is 1. The van der Waals surface area contributed by atoms with Crippen LogP contribution in [0, 0.1) is 0 Å². The maximum absolute atomic E-state index is 12.0. The molecule has 0 atom stereocenters. The number of ether oxygens (including phenoxy) is 1. The van der Waals surface area contributed by atoms with Crippen molar-refractivity contribution < 1.29 is 9.53 Å². The van der Waals surface area contributed by atoms with Crippen molar-refractivity contribution in [2.45, 2.75) is 25.3 Å². The highest BCUT2D eigenvalue weighted by molar-refractivity contribution is 6.22. The predicted octanol–water partition coefficient (Wildman–Crippen LogP) is 2.98. The molecule has 5 heteroatoms. The third-order valence-corrected chi connectivity index (χ3v) is 4.14. The number of hydrogen-bond acceptors (Lipinski definition) is 2. The van der Waals surface area contributed by atoms with Crippen molar-refractivity contribution in [2.75, 3.05) is 18.9 Å². The molecule has 1 aromatic rings. The quantitative estimate of drug-likeness (QED) is 0.787. The highest BCUT2D eigenvalue weighted by atomic mass is 35.5. The van der Waals surface area contributed by atoms with E-state index in [4.69, 9.17) is 27.9 Å². The van der Waals surface area contributed by atoms with Gasteiger partial charge in [0.1, 0.15) is 5.75 Å². The number of rotatable bonds is 7. The van der Waals surface area contributed by atoms with Gasteiger partial charge in [0.2, 0.25) is 5.91 Å². The van der Waals surface area contributed by atoms with E-state index < -0.39 is 5.54 Å². The van der Waals surface area contributed by atoms with Crippen LogP contribution in [0.4, 0.5) is 0 Å². The predicted molar refractivity (Wildman–Crippen MR) is 79.3 cm³/mol. The molecule has 1 aromatic carbocycles. The molecule has 0 unspecified atom stereocenters. The zero-order valence-electron chi connectivity index (χ0n) is 11.2. The summed E-state index contributed by atoms with van der Waals surface area (Å²) < 4.78 is 5.07. The molecule has 0 saturated heterocycles. The first-order valence-electron chi connectivity index (χ1n) is 6.15. The van der Waals surface area contributed by atoms with Crippen LogP contribution < -0.4 is 10.1 Å². The van der Waals surface area contributed by atoms with Gasteiger partial charge in [-0.25, -0.2) is 0 Å². The van der Waals surface area contributed by atoms with Crippen molar-refractivity contribution in [2.24, 2.45) is 0 Å². The Kier molecular flexibility index (Phi) is 6.46. The van der Waals surface area contributed by atoms with E-state index in [9.17, 15) is 4.79 Å². The smallest absolute Gasteiger partial charge is 0.224 e. The second-order valence-electron chi connectivity index (χ2n) is 4.47. The summed E-state index contributed by atoms with van der Waals surface area (Å²) in [6.45, 7) is 1.96. The van der Waals surface area contributed by atoms with Crippen LogP contribution >= 0.6 is 23.2 Å². The summed E-state index contributed by atoms with van der Waals surface area (Å²) in [4.78, 5) is 12.0. The van der Waals surface area contributed by atoms with Crippen LogP contribution in [0.2, 0.25) is 0 Å². The zero-order valence-corrected chi connectivity index (χ0v) is 12.7. The molecule has 19 heavy (non-hydrogen) atoms. The molecule has 0 bridgehead atoms. The van der Waals surface area contributed by atoms with Gasteiger partial charge in [-0.3, -0.25) is 4.79 Å². The zero-order chi connectivity index (χ0) is 14.3. The van der Waals surface area contributed by atoms with Crippen LogP contribution in [0.1, 0.15) is 18.9 Å². The van der Waals surface area contributed by atoms with E-state index in [0.717, 1.165) is 11.3 Å². The summed E-state index contributed by atoms with van der Waals surface area (Å²) in [6.07, 6.45) is 1.01. The third-order valence-electron chi connectivity index (χ3n) is 3.12. The number of alkyl halides is 2. The molecule has 0 saturated carbocycles. The fourth-order valence-corrected chi connectivity index (χ4v) is 2.45. The Morgan fingerprint density at radius 2 is 1.84 bits per heavy atom. The molecule has 0 spiro atoms. The Morgan fingerprint density at radius 1 is 1.26 bits per heavy atom. The van der Waals surface area contributed by atoms with E-state index in [2.05, 4.69) is 5.32 Å². The molecule has 1 amide bonds. The van der Waals surface area contributed by atoms with Crippen LogP contribution in [-0.2, 0) is 11.2 Å². The number of methoxy groups -OCH3 is 1. The largest absolute Gasteiger partial charge is 0.497 e. The first-order valence-corrected chi connectivity index (χ1v) is 7.22. The van der Waals surface area contributed by atoms with Crippen molar-refractivity contribution in [1.29, 1.82) is 0 Å². The third kappa shape index (κ3) is 4.59. The fourth-order valence-electron chi connectivity index (χ4n) is 1.65. The van der Waals surface area contributed by atoms with Crippen LogP contribution in [0.3, 0.4) is 0 Å². The number of hydrogen-bond donors (Lipinski definition) is 1. The summed E-state index contributed by atoms with van der Waals surface area (Å²) >= 11 is 11.8. The van der Waals surface area contributed by atoms with Gasteiger partial charge in [0, 0.05) is 11.8 Å². The second kappa shape index (κ2) is 7.61. The normalized spacial score (nSPS) is 11.2. The maximum Gasteiger partial charge on any atom is 0.224 e. The van der Waals surface area contributed by atoms with Gasteiger partial charge in [-0.05, 0) is 24.1 Å². The van der Waals surface area contributed by atoms with Crippen LogP contribution in [0.15, 0.2) is 24.3 Å². The van der Waals surface area contributed by atoms with Gasteiger partial charge in [0.25, 0.3) is 0 Å². The lowest BCUT2D eigenvalue weighted by Gasteiger charge is -2.29. The monoisotopic (exact) mass is 303 g/mol. The minimum absolute atomic E-state index is 0.0756. The lowest BCUT2D eigenvalue weighted by atomic mass is 10.0. The highest BCUT2D eigenvalue weighted by Crippen LogP contribution is 2.16. The van der Waals surface area contributed by atoms with Crippen molar-refractivity contribution in [3.05, 3.63) is 29.8 Å². The fraction of sp³-hybridized carbons (Fsp3) is 0.500.